The summed E-state index contributed by atoms with van der Waals surface area (Å²) in [4.78, 5) is 24.2. The second-order valence-electron chi connectivity index (χ2n) is 7.55. The van der Waals surface area contributed by atoms with Gasteiger partial charge in [0.15, 0.2) is 0 Å². The number of benzene rings is 2. The molecular formula is C30H46O6. The van der Waals surface area contributed by atoms with E-state index < -0.39 is 0 Å². The van der Waals surface area contributed by atoms with E-state index in [-0.39, 0.29) is 11.9 Å². The minimum atomic E-state index is -0.360. The van der Waals surface area contributed by atoms with E-state index in [1.165, 1.54) is 0 Å². The maximum Gasteiger partial charge on any atom is 0.341 e. The second kappa shape index (κ2) is 20.2. The van der Waals surface area contributed by atoms with Crippen molar-refractivity contribution < 1.29 is 28.5 Å². The summed E-state index contributed by atoms with van der Waals surface area (Å²) in [7, 11) is 0. The molecule has 36 heavy (non-hydrogen) atoms. The van der Waals surface area contributed by atoms with Gasteiger partial charge in [-0.05, 0) is 77.6 Å². The first-order chi connectivity index (χ1) is 17.5. The number of ether oxygens (including phenoxy) is 4. The molecule has 0 amide bonds. The van der Waals surface area contributed by atoms with Gasteiger partial charge < -0.3 is 18.9 Å². The molecule has 0 atom stereocenters. The second-order valence-corrected chi connectivity index (χ2v) is 7.55. The Morgan fingerprint density at radius 1 is 0.611 bits per heavy atom. The highest BCUT2D eigenvalue weighted by Gasteiger charge is 2.15. The molecule has 0 N–H and O–H groups in total. The molecule has 0 aliphatic heterocycles. The van der Waals surface area contributed by atoms with Crippen LogP contribution in [-0.2, 0) is 9.47 Å². The van der Waals surface area contributed by atoms with Crippen molar-refractivity contribution in [2.24, 2.45) is 0 Å². The van der Waals surface area contributed by atoms with Crippen LogP contribution in [0, 0.1) is 13.8 Å². The topological polar surface area (TPSA) is 71.1 Å². The van der Waals surface area contributed by atoms with Gasteiger partial charge in [-0.15, -0.1) is 0 Å². The lowest BCUT2D eigenvalue weighted by molar-refractivity contribution is 0.0511. The molecule has 0 saturated heterocycles. The third-order valence-electron chi connectivity index (χ3n) is 4.81. The Kier molecular flexibility index (Phi) is 18.5. The quantitative estimate of drug-likeness (QED) is 0.206. The summed E-state index contributed by atoms with van der Waals surface area (Å²) in [6, 6.07) is 11.1. The van der Waals surface area contributed by atoms with Crippen LogP contribution in [0.1, 0.15) is 99.1 Å². The van der Waals surface area contributed by atoms with E-state index in [1.807, 2.05) is 65.8 Å². The molecule has 0 aliphatic carbocycles. The minimum Gasteiger partial charge on any atom is -0.493 e. The van der Waals surface area contributed by atoms with E-state index in [0.29, 0.717) is 49.1 Å². The molecule has 0 bridgehead atoms. The van der Waals surface area contributed by atoms with Gasteiger partial charge in [0.1, 0.15) is 22.6 Å². The summed E-state index contributed by atoms with van der Waals surface area (Å²) in [5.41, 5.74) is 2.91. The van der Waals surface area contributed by atoms with Crippen molar-refractivity contribution in [1.29, 1.82) is 0 Å². The first kappa shape index (κ1) is 33.0. The zero-order chi connectivity index (χ0) is 27.3. The first-order valence-corrected chi connectivity index (χ1v) is 13.3. The molecule has 0 saturated carbocycles. The SMILES string of the molecule is CC.CC.CCOC(=O)c1cc(C)ccc1OCCCCCCOc1ccc(C)cc1C(=O)OCC. The highest BCUT2D eigenvalue weighted by atomic mass is 16.5. The average molecular weight is 503 g/mol. The van der Waals surface area contributed by atoms with Gasteiger partial charge in [-0.25, -0.2) is 9.59 Å². The monoisotopic (exact) mass is 502 g/mol. The van der Waals surface area contributed by atoms with Crippen molar-refractivity contribution >= 4 is 11.9 Å². The van der Waals surface area contributed by atoms with Crippen LogP contribution >= 0.6 is 0 Å². The van der Waals surface area contributed by atoms with Crippen LogP contribution in [0.5, 0.6) is 11.5 Å². The van der Waals surface area contributed by atoms with Gasteiger partial charge in [-0.2, -0.15) is 0 Å². The Labute approximate surface area is 218 Å². The summed E-state index contributed by atoms with van der Waals surface area (Å²) in [6.45, 7) is 17.2. The van der Waals surface area contributed by atoms with E-state index in [1.54, 1.807) is 26.0 Å². The van der Waals surface area contributed by atoms with Crippen LogP contribution in [-0.4, -0.2) is 38.4 Å². The van der Waals surface area contributed by atoms with E-state index in [9.17, 15) is 9.59 Å². The van der Waals surface area contributed by atoms with Crippen molar-refractivity contribution in [3.63, 3.8) is 0 Å². The van der Waals surface area contributed by atoms with Crippen LogP contribution in [0.4, 0.5) is 0 Å². The van der Waals surface area contributed by atoms with Crippen LogP contribution in [0.2, 0.25) is 0 Å². The highest BCUT2D eigenvalue weighted by molar-refractivity contribution is 5.93. The van der Waals surface area contributed by atoms with E-state index in [2.05, 4.69) is 0 Å². The molecular weight excluding hydrogens is 456 g/mol. The van der Waals surface area contributed by atoms with Gasteiger partial charge in [-0.3, -0.25) is 0 Å². The average Bonchev–Trinajstić information content (AvgIpc) is 2.89. The molecule has 0 aromatic heterocycles. The summed E-state index contributed by atoms with van der Waals surface area (Å²) in [5, 5.41) is 0. The van der Waals surface area contributed by atoms with Crippen LogP contribution in [0.15, 0.2) is 36.4 Å². The third kappa shape index (κ3) is 12.1. The molecule has 0 radical (unpaired) electrons. The van der Waals surface area contributed by atoms with E-state index in [0.717, 1.165) is 36.8 Å². The Balaban J connectivity index is 0.00000291. The van der Waals surface area contributed by atoms with E-state index >= 15 is 0 Å². The highest BCUT2D eigenvalue weighted by Crippen LogP contribution is 2.23. The molecule has 6 nitrogen and oxygen atoms in total. The van der Waals surface area contributed by atoms with Gasteiger partial charge >= 0.3 is 11.9 Å². The van der Waals surface area contributed by atoms with Gasteiger partial charge in [0.2, 0.25) is 0 Å². The first-order valence-electron chi connectivity index (χ1n) is 13.3. The summed E-state index contributed by atoms with van der Waals surface area (Å²) < 4.78 is 21.9. The smallest absolute Gasteiger partial charge is 0.341 e. The number of aryl methyl sites for hydroxylation is 2. The predicted molar refractivity (Wildman–Crippen MR) is 146 cm³/mol. The number of esters is 2. The fraction of sp³-hybridized carbons (Fsp3) is 0.533. The zero-order valence-electron chi connectivity index (χ0n) is 23.6. The third-order valence-corrected chi connectivity index (χ3v) is 4.81. The molecule has 0 aliphatic rings. The normalized spacial score (nSPS) is 9.67. The van der Waals surface area contributed by atoms with Crippen LogP contribution in [0.3, 0.4) is 0 Å². The summed E-state index contributed by atoms with van der Waals surface area (Å²) in [6.07, 6.45) is 3.69. The molecule has 2 rings (SSSR count). The lowest BCUT2D eigenvalue weighted by Gasteiger charge is -2.12. The fourth-order valence-electron chi connectivity index (χ4n) is 3.20. The minimum absolute atomic E-state index is 0.332. The molecule has 0 spiro atoms. The van der Waals surface area contributed by atoms with Crippen LogP contribution < -0.4 is 9.47 Å². The van der Waals surface area contributed by atoms with Crippen molar-refractivity contribution in [2.45, 2.75) is 81.1 Å². The van der Waals surface area contributed by atoms with E-state index in [4.69, 9.17) is 18.9 Å². The largest absolute Gasteiger partial charge is 0.493 e. The van der Waals surface area contributed by atoms with Crippen LogP contribution in [0.25, 0.3) is 0 Å². The molecule has 6 heteroatoms. The van der Waals surface area contributed by atoms with Gasteiger partial charge in [-0.1, -0.05) is 51.0 Å². The molecule has 2 aromatic rings. The Bertz CT molecular complexity index is 818. The number of unbranched alkanes of at least 4 members (excludes halogenated alkanes) is 3. The number of rotatable bonds is 13. The van der Waals surface area contributed by atoms with Crippen molar-refractivity contribution in [3.8, 4) is 11.5 Å². The van der Waals surface area contributed by atoms with Gasteiger partial charge in [0.05, 0.1) is 26.4 Å². The summed E-state index contributed by atoms with van der Waals surface area (Å²) in [5.74, 6) is 0.398. The fourth-order valence-corrected chi connectivity index (χ4v) is 3.20. The number of hydrogen-bond donors (Lipinski definition) is 0. The Morgan fingerprint density at radius 3 is 1.31 bits per heavy atom. The number of carbonyl (C=O) groups is 2. The molecule has 2 aromatic carbocycles. The maximum absolute atomic E-state index is 12.1. The molecule has 202 valence electrons. The van der Waals surface area contributed by atoms with Gasteiger partial charge in [0, 0.05) is 0 Å². The van der Waals surface area contributed by atoms with Crippen molar-refractivity contribution in [1.82, 2.24) is 0 Å². The number of carbonyl (C=O) groups excluding carboxylic acids is 2. The summed E-state index contributed by atoms with van der Waals surface area (Å²) >= 11 is 0. The number of hydrogen-bond acceptors (Lipinski definition) is 6. The maximum atomic E-state index is 12.1. The standard InChI is InChI=1S/C26H34O6.2C2H6/c1-5-29-25(27)21-17-19(3)11-13-23(21)31-15-9-7-8-10-16-32-24-14-12-20(4)18-22(24)26(28)30-6-2;2*1-2/h11-14,17-18H,5-10,15-16H2,1-4H3;2*1-2H3. The van der Waals surface area contributed by atoms with Crippen molar-refractivity contribution in [2.75, 3.05) is 26.4 Å². The lowest BCUT2D eigenvalue weighted by atomic mass is 10.1. The molecule has 0 fully saturated rings. The van der Waals surface area contributed by atoms with Gasteiger partial charge in [0.25, 0.3) is 0 Å². The Morgan fingerprint density at radius 2 is 0.972 bits per heavy atom. The lowest BCUT2D eigenvalue weighted by Crippen LogP contribution is -2.09. The molecule has 0 heterocycles. The van der Waals surface area contributed by atoms with Crippen molar-refractivity contribution in [3.05, 3.63) is 58.7 Å². The molecule has 0 unspecified atom stereocenters. The predicted octanol–water partition coefficient (Wildman–Crippen LogP) is 7.73. The Hall–Kier alpha value is -3.02. The zero-order valence-corrected chi connectivity index (χ0v) is 23.6.